The fourth-order valence-corrected chi connectivity index (χ4v) is 3.33. The largest absolute Gasteiger partial charge is 0.494 e. The van der Waals surface area contributed by atoms with Crippen molar-refractivity contribution in [3.05, 3.63) is 59.7 Å². The van der Waals surface area contributed by atoms with E-state index in [-0.39, 0.29) is 5.91 Å². The Labute approximate surface area is 149 Å². The molecule has 3 rings (SSSR count). The van der Waals surface area contributed by atoms with E-state index in [1.807, 2.05) is 53.4 Å². The van der Waals surface area contributed by atoms with E-state index in [2.05, 4.69) is 26.1 Å². The number of fused-ring (bicyclic) bond motifs is 1. The third-order valence-corrected chi connectivity index (χ3v) is 4.66. The van der Waals surface area contributed by atoms with Crippen LogP contribution in [-0.2, 0) is 5.66 Å². The molecule has 1 aliphatic heterocycles. The van der Waals surface area contributed by atoms with Gasteiger partial charge in [0.05, 0.1) is 12.2 Å². The summed E-state index contributed by atoms with van der Waals surface area (Å²) in [5.74, 6) is 0.934. The van der Waals surface area contributed by atoms with E-state index in [0.717, 1.165) is 35.4 Å². The zero-order valence-corrected chi connectivity index (χ0v) is 15.2. The molecule has 0 bridgehead atoms. The molecule has 2 aromatic carbocycles. The van der Waals surface area contributed by atoms with Crippen LogP contribution >= 0.6 is 0 Å². The van der Waals surface area contributed by atoms with Gasteiger partial charge in [-0.2, -0.15) is 0 Å². The summed E-state index contributed by atoms with van der Waals surface area (Å²) in [7, 11) is 0. The van der Waals surface area contributed by atoms with Gasteiger partial charge < -0.3 is 15.0 Å². The molecule has 132 valence electrons. The fourth-order valence-electron chi connectivity index (χ4n) is 3.33. The van der Waals surface area contributed by atoms with Gasteiger partial charge in [-0.1, -0.05) is 38.1 Å². The number of hydrogen-bond acceptors (Lipinski definition) is 3. The van der Waals surface area contributed by atoms with Crippen LogP contribution in [0.2, 0.25) is 0 Å². The Bertz CT molecular complexity index is 742. The fraction of sp³-hybridized carbons (Fsp3) is 0.381. The maximum Gasteiger partial charge on any atom is 0.258 e. The summed E-state index contributed by atoms with van der Waals surface area (Å²) in [6.07, 6.45) is 1.89. The SMILES string of the molecule is CCCOc1ccc(C2(C)Nc3ccccc3C(=O)N2CCC)cc1. The number of amides is 1. The molecule has 1 atom stereocenters. The first-order chi connectivity index (χ1) is 12.1. The van der Waals surface area contributed by atoms with Crippen LogP contribution in [0.25, 0.3) is 0 Å². The molecule has 1 aliphatic rings. The Morgan fingerprint density at radius 3 is 2.44 bits per heavy atom. The van der Waals surface area contributed by atoms with Crippen LogP contribution in [0.1, 0.15) is 49.5 Å². The highest BCUT2D eigenvalue weighted by Crippen LogP contribution is 2.38. The molecule has 0 saturated carbocycles. The first kappa shape index (κ1) is 17.3. The lowest BCUT2D eigenvalue weighted by atomic mass is 9.93. The molecule has 0 fully saturated rings. The molecule has 1 amide bonds. The van der Waals surface area contributed by atoms with Crippen LogP contribution in [0.3, 0.4) is 0 Å². The molecule has 4 nitrogen and oxygen atoms in total. The molecule has 2 aromatic rings. The normalized spacial score (nSPS) is 19.3. The van der Waals surface area contributed by atoms with Crippen LogP contribution in [0.5, 0.6) is 5.75 Å². The number of nitrogens with zero attached hydrogens (tertiary/aromatic N) is 1. The second kappa shape index (κ2) is 7.18. The van der Waals surface area contributed by atoms with Crippen molar-refractivity contribution in [2.45, 2.75) is 39.3 Å². The molecule has 1 heterocycles. The third kappa shape index (κ3) is 3.21. The monoisotopic (exact) mass is 338 g/mol. The zero-order valence-electron chi connectivity index (χ0n) is 15.2. The maximum absolute atomic E-state index is 13.1. The minimum Gasteiger partial charge on any atom is -0.494 e. The average molecular weight is 338 g/mol. The lowest BCUT2D eigenvalue weighted by molar-refractivity contribution is 0.0535. The van der Waals surface area contributed by atoms with Crippen molar-refractivity contribution in [3.63, 3.8) is 0 Å². The topological polar surface area (TPSA) is 41.6 Å². The predicted octanol–water partition coefficient (Wildman–Crippen LogP) is 4.63. The number of ether oxygens (including phenoxy) is 1. The van der Waals surface area contributed by atoms with Crippen molar-refractivity contribution in [1.82, 2.24) is 4.90 Å². The molecule has 4 heteroatoms. The van der Waals surface area contributed by atoms with Gasteiger partial charge in [-0.05, 0) is 49.6 Å². The number of carbonyl (C=O) groups excluding carboxylic acids is 1. The lowest BCUT2D eigenvalue weighted by Gasteiger charge is -2.46. The van der Waals surface area contributed by atoms with Crippen LogP contribution in [0.4, 0.5) is 5.69 Å². The Balaban J connectivity index is 1.98. The van der Waals surface area contributed by atoms with Crippen LogP contribution in [0, 0.1) is 0 Å². The molecule has 25 heavy (non-hydrogen) atoms. The highest BCUT2D eigenvalue weighted by Gasteiger charge is 2.41. The Morgan fingerprint density at radius 1 is 1.04 bits per heavy atom. The first-order valence-corrected chi connectivity index (χ1v) is 9.02. The number of rotatable bonds is 6. The van der Waals surface area contributed by atoms with E-state index in [0.29, 0.717) is 13.2 Å². The number of anilines is 1. The van der Waals surface area contributed by atoms with Gasteiger partial charge in [-0.15, -0.1) is 0 Å². The van der Waals surface area contributed by atoms with Gasteiger partial charge in [0.2, 0.25) is 0 Å². The summed E-state index contributed by atoms with van der Waals surface area (Å²) >= 11 is 0. The van der Waals surface area contributed by atoms with Crippen molar-refractivity contribution in [1.29, 1.82) is 0 Å². The van der Waals surface area contributed by atoms with E-state index in [4.69, 9.17) is 4.74 Å². The van der Waals surface area contributed by atoms with Crippen molar-refractivity contribution < 1.29 is 9.53 Å². The maximum atomic E-state index is 13.1. The molecule has 0 radical (unpaired) electrons. The summed E-state index contributed by atoms with van der Waals surface area (Å²) in [6.45, 7) is 7.66. The van der Waals surface area contributed by atoms with Gasteiger partial charge in [0.15, 0.2) is 0 Å². The van der Waals surface area contributed by atoms with Gasteiger partial charge in [0.1, 0.15) is 11.4 Å². The molecule has 1 N–H and O–H groups in total. The minimum atomic E-state index is -0.579. The van der Waals surface area contributed by atoms with Crippen LogP contribution < -0.4 is 10.1 Å². The number of nitrogens with one attached hydrogen (secondary N) is 1. The first-order valence-electron chi connectivity index (χ1n) is 9.02. The second-order valence-corrected chi connectivity index (χ2v) is 6.57. The summed E-state index contributed by atoms with van der Waals surface area (Å²) in [5, 5.41) is 3.58. The van der Waals surface area contributed by atoms with E-state index in [1.165, 1.54) is 0 Å². The number of para-hydroxylation sites is 1. The Kier molecular flexibility index (Phi) is 4.98. The molecule has 0 saturated heterocycles. The standard InChI is InChI=1S/C21H26N2O2/c1-4-14-23-20(24)18-8-6-7-9-19(18)22-21(23,3)16-10-12-17(13-11-16)25-15-5-2/h6-13,22H,4-5,14-15H2,1-3H3. The highest BCUT2D eigenvalue weighted by atomic mass is 16.5. The third-order valence-electron chi connectivity index (χ3n) is 4.66. The van der Waals surface area contributed by atoms with Gasteiger partial charge in [-0.3, -0.25) is 4.79 Å². The van der Waals surface area contributed by atoms with Crippen LogP contribution in [-0.4, -0.2) is 24.0 Å². The Hall–Kier alpha value is -2.49. The van der Waals surface area contributed by atoms with Gasteiger partial charge in [-0.25, -0.2) is 0 Å². The average Bonchev–Trinajstić information content (AvgIpc) is 2.64. The predicted molar refractivity (Wildman–Crippen MR) is 101 cm³/mol. The molecule has 0 spiro atoms. The molecule has 1 unspecified atom stereocenters. The van der Waals surface area contributed by atoms with Crippen molar-refractivity contribution in [2.75, 3.05) is 18.5 Å². The van der Waals surface area contributed by atoms with E-state index < -0.39 is 5.66 Å². The van der Waals surface area contributed by atoms with Gasteiger partial charge in [0, 0.05) is 12.2 Å². The van der Waals surface area contributed by atoms with E-state index in [9.17, 15) is 4.79 Å². The molecule has 0 aliphatic carbocycles. The smallest absolute Gasteiger partial charge is 0.258 e. The van der Waals surface area contributed by atoms with E-state index >= 15 is 0 Å². The zero-order chi connectivity index (χ0) is 17.9. The second-order valence-electron chi connectivity index (χ2n) is 6.57. The van der Waals surface area contributed by atoms with Crippen molar-refractivity contribution in [3.8, 4) is 5.75 Å². The number of carbonyl (C=O) groups is 1. The summed E-state index contributed by atoms with van der Waals surface area (Å²) in [4.78, 5) is 15.0. The summed E-state index contributed by atoms with van der Waals surface area (Å²) < 4.78 is 5.68. The molecular weight excluding hydrogens is 312 g/mol. The minimum absolute atomic E-state index is 0.0741. The highest BCUT2D eigenvalue weighted by molar-refractivity contribution is 6.02. The van der Waals surface area contributed by atoms with Crippen LogP contribution in [0.15, 0.2) is 48.5 Å². The molecular formula is C21H26N2O2. The van der Waals surface area contributed by atoms with E-state index in [1.54, 1.807) is 0 Å². The molecule has 0 aromatic heterocycles. The van der Waals surface area contributed by atoms with Crippen molar-refractivity contribution in [2.24, 2.45) is 0 Å². The number of hydrogen-bond donors (Lipinski definition) is 1. The lowest BCUT2D eigenvalue weighted by Crippen LogP contribution is -2.56. The summed E-state index contributed by atoms with van der Waals surface area (Å²) in [6, 6.07) is 15.8. The quantitative estimate of drug-likeness (QED) is 0.835. The van der Waals surface area contributed by atoms with Gasteiger partial charge in [0.25, 0.3) is 5.91 Å². The Morgan fingerprint density at radius 2 is 1.76 bits per heavy atom. The summed E-state index contributed by atoms with van der Waals surface area (Å²) in [5.41, 5.74) is 2.09. The van der Waals surface area contributed by atoms with Crippen molar-refractivity contribution >= 4 is 11.6 Å². The van der Waals surface area contributed by atoms with Gasteiger partial charge >= 0.3 is 0 Å². The number of benzene rings is 2.